The van der Waals surface area contributed by atoms with E-state index in [1.54, 1.807) is 0 Å². The van der Waals surface area contributed by atoms with Gasteiger partial charge in [0.05, 0.1) is 16.8 Å². The van der Waals surface area contributed by atoms with Crippen molar-refractivity contribution in [3.8, 4) is 0 Å². The average molecular weight is 285 g/mol. The first-order chi connectivity index (χ1) is 8.76. The number of aromatic nitrogens is 1. The van der Waals surface area contributed by atoms with Crippen LogP contribution in [0, 0.1) is 5.92 Å². The number of nitrogens with one attached hydrogen (secondary N) is 1. The van der Waals surface area contributed by atoms with Gasteiger partial charge in [-0.1, -0.05) is 13.8 Å². The highest BCUT2D eigenvalue weighted by molar-refractivity contribution is 7.93. The molecule has 1 heterocycles. The molecule has 3 N–H and O–H groups in total. The Morgan fingerprint density at radius 3 is 2.58 bits per heavy atom. The Bertz CT molecular complexity index is 555. The standard InChI is InChI=1S/C12H19N3O3S/c1-8(2)6-15-12(16)9(3)19(17,18)11-4-5-14-7-10(11)13/h4-5,7-9H,6,13H2,1-3H3,(H,15,16). The zero-order valence-electron chi connectivity index (χ0n) is 11.3. The highest BCUT2D eigenvalue weighted by atomic mass is 32.2. The zero-order valence-corrected chi connectivity index (χ0v) is 12.1. The van der Waals surface area contributed by atoms with Crippen molar-refractivity contribution in [2.45, 2.75) is 30.9 Å². The molecule has 0 fully saturated rings. The van der Waals surface area contributed by atoms with Crippen molar-refractivity contribution in [2.24, 2.45) is 5.92 Å². The molecular formula is C12H19N3O3S. The Hall–Kier alpha value is -1.63. The molecule has 0 aliphatic heterocycles. The van der Waals surface area contributed by atoms with Gasteiger partial charge in [-0.2, -0.15) is 0 Å². The van der Waals surface area contributed by atoms with Gasteiger partial charge in [-0.05, 0) is 18.9 Å². The lowest BCUT2D eigenvalue weighted by molar-refractivity contribution is -0.120. The number of sulfone groups is 1. The van der Waals surface area contributed by atoms with E-state index in [1.807, 2.05) is 13.8 Å². The molecule has 0 aliphatic rings. The van der Waals surface area contributed by atoms with Gasteiger partial charge in [-0.15, -0.1) is 0 Å². The van der Waals surface area contributed by atoms with Crippen molar-refractivity contribution in [3.63, 3.8) is 0 Å². The maximum Gasteiger partial charge on any atom is 0.238 e. The van der Waals surface area contributed by atoms with Crippen LogP contribution in [-0.2, 0) is 14.6 Å². The SMILES string of the molecule is CC(C)CNC(=O)C(C)S(=O)(=O)c1ccncc1N. The molecule has 0 aromatic carbocycles. The van der Waals surface area contributed by atoms with Crippen LogP contribution in [0.5, 0.6) is 0 Å². The summed E-state index contributed by atoms with van der Waals surface area (Å²) in [6, 6.07) is 1.30. The molecule has 1 aromatic rings. The largest absolute Gasteiger partial charge is 0.396 e. The Kier molecular flexibility index (Phi) is 4.88. The first kappa shape index (κ1) is 15.4. The summed E-state index contributed by atoms with van der Waals surface area (Å²) >= 11 is 0. The molecule has 0 bridgehead atoms. The third kappa shape index (κ3) is 3.66. The van der Waals surface area contributed by atoms with Gasteiger partial charge in [0.2, 0.25) is 5.91 Å². The lowest BCUT2D eigenvalue weighted by Crippen LogP contribution is -2.39. The van der Waals surface area contributed by atoms with Gasteiger partial charge < -0.3 is 11.1 Å². The predicted molar refractivity (Wildman–Crippen MR) is 73.1 cm³/mol. The fourth-order valence-electron chi connectivity index (χ4n) is 1.43. The highest BCUT2D eigenvalue weighted by Crippen LogP contribution is 2.21. The van der Waals surface area contributed by atoms with Gasteiger partial charge in [-0.25, -0.2) is 8.42 Å². The molecular weight excluding hydrogens is 266 g/mol. The normalized spacial score (nSPS) is 13.3. The van der Waals surface area contributed by atoms with Gasteiger partial charge in [0.1, 0.15) is 5.25 Å². The molecule has 6 nitrogen and oxygen atoms in total. The van der Waals surface area contributed by atoms with Gasteiger partial charge in [0, 0.05) is 12.7 Å². The summed E-state index contributed by atoms with van der Waals surface area (Å²) in [5.74, 6) is -0.269. The molecule has 0 saturated heterocycles. The number of anilines is 1. The van der Waals surface area contributed by atoms with Gasteiger partial charge >= 0.3 is 0 Å². The van der Waals surface area contributed by atoms with E-state index in [0.717, 1.165) is 0 Å². The zero-order chi connectivity index (χ0) is 14.6. The minimum absolute atomic E-state index is 0.0472. The monoisotopic (exact) mass is 285 g/mol. The summed E-state index contributed by atoms with van der Waals surface area (Å²) in [6.45, 7) is 5.65. The fourth-order valence-corrected chi connectivity index (χ4v) is 2.81. The number of nitrogens with zero attached hydrogens (tertiary/aromatic N) is 1. The summed E-state index contributed by atoms with van der Waals surface area (Å²) in [7, 11) is -3.79. The summed E-state index contributed by atoms with van der Waals surface area (Å²) < 4.78 is 24.5. The van der Waals surface area contributed by atoms with E-state index in [4.69, 9.17) is 5.73 Å². The second-order valence-corrected chi connectivity index (χ2v) is 6.98. The summed E-state index contributed by atoms with van der Waals surface area (Å²) in [5.41, 5.74) is 5.64. The van der Waals surface area contributed by atoms with Crippen molar-refractivity contribution in [1.82, 2.24) is 10.3 Å². The third-order valence-corrected chi connectivity index (χ3v) is 4.77. The van der Waals surface area contributed by atoms with Crippen LogP contribution in [0.4, 0.5) is 5.69 Å². The van der Waals surface area contributed by atoms with E-state index in [1.165, 1.54) is 25.4 Å². The molecule has 0 saturated carbocycles. The molecule has 7 heteroatoms. The predicted octanol–water partition coefficient (Wildman–Crippen LogP) is 0.598. The summed E-state index contributed by atoms with van der Waals surface area (Å²) in [6.07, 6.45) is 2.59. The Balaban J connectivity index is 2.95. The lowest BCUT2D eigenvalue weighted by Gasteiger charge is -2.15. The van der Waals surface area contributed by atoms with E-state index < -0.39 is 21.0 Å². The van der Waals surface area contributed by atoms with Gasteiger partial charge in [-0.3, -0.25) is 9.78 Å². The number of amides is 1. The van der Waals surface area contributed by atoms with Crippen molar-refractivity contribution in [2.75, 3.05) is 12.3 Å². The molecule has 1 rings (SSSR count). The number of carbonyl (C=O) groups is 1. The van der Waals surface area contributed by atoms with Crippen molar-refractivity contribution >= 4 is 21.4 Å². The van der Waals surface area contributed by atoms with Crippen LogP contribution in [0.2, 0.25) is 0 Å². The molecule has 0 spiro atoms. The van der Waals surface area contributed by atoms with E-state index in [0.29, 0.717) is 6.54 Å². The van der Waals surface area contributed by atoms with Crippen LogP contribution in [0.15, 0.2) is 23.4 Å². The average Bonchev–Trinajstić information content (AvgIpc) is 2.35. The number of nitrogen functional groups attached to an aromatic ring is 1. The molecule has 1 amide bonds. The van der Waals surface area contributed by atoms with E-state index >= 15 is 0 Å². The maximum absolute atomic E-state index is 12.3. The molecule has 0 aliphatic carbocycles. The Morgan fingerprint density at radius 1 is 1.42 bits per heavy atom. The van der Waals surface area contributed by atoms with Crippen LogP contribution in [0.3, 0.4) is 0 Å². The van der Waals surface area contributed by atoms with Crippen molar-refractivity contribution in [1.29, 1.82) is 0 Å². The quantitative estimate of drug-likeness (QED) is 0.824. The van der Waals surface area contributed by atoms with Gasteiger partial charge in [0.15, 0.2) is 9.84 Å². The van der Waals surface area contributed by atoms with Crippen molar-refractivity contribution in [3.05, 3.63) is 18.5 Å². The fraction of sp³-hybridized carbons (Fsp3) is 0.500. The second kappa shape index (κ2) is 6.01. The highest BCUT2D eigenvalue weighted by Gasteiger charge is 2.31. The Morgan fingerprint density at radius 2 is 2.05 bits per heavy atom. The second-order valence-electron chi connectivity index (χ2n) is 4.74. The molecule has 1 aromatic heterocycles. The molecule has 0 radical (unpaired) electrons. The number of nitrogens with two attached hydrogens (primary N) is 1. The topological polar surface area (TPSA) is 102 Å². The minimum atomic E-state index is -3.79. The van der Waals surface area contributed by atoms with E-state index in [2.05, 4.69) is 10.3 Å². The van der Waals surface area contributed by atoms with Crippen LogP contribution < -0.4 is 11.1 Å². The molecule has 1 unspecified atom stereocenters. The minimum Gasteiger partial charge on any atom is -0.396 e. The smallest absolute Gasteiger partial charge is 0.238 e. The third-order valence-electron chi connectivity index (χ3n) is 2.64. The Labute approximate surface area is 113 Å². The van der Waals surface area contributed by atoms with Gasteiger partial charge in [0.25, 0.3) is 0 Å². The number of hydrogen-bond donors (Lipinski definition) is 2. The number of rotatable bonds is 5. The number of pyridine rings is 1. The number of carbonyl (C=O) groups excluding carboxylic acids is 1. The van der Waals surface area contributed by atoms with Crippen LogP contribution in [-0.4, -0.2) is 31.1 Å². The van der Waals surface area contributed by atoms with Crippen LogP contribution in [0.1, 0.15) is 20.8 Å². The van der Waals surface area contributed by atoms with E-state index in [9.17, 15) is 13.2 Å². The summed E-state index contributed by atoms with van der Waals surface area (Å²) in [4.78, 5) is 15.5. The number of hydrogen-bond acceptors (Lipinski definition) is 5. The van der Waals surface area contributed by atoms with Crippen LogP contribution in [0.25, 0.3) is 0 Å². The first-order valence-electron chi connectivity index (χ1n) is 5.98. The van der Waals surface area contributed by atoms with Crippen LogP contribution >= 0.6 is 0 Å². The lowest BCUT2D eigenvalue weighted by atomic mass is 10.2. The molecule has 106 valence electrons. The summed E-state index contributed by atoms with van der Waals surface area (Å²) in [5, 5.41) is 1.42. The molecule has 1 atom stereocenters. The van der Waals surface area contributed by atoms with Crippen molar-refractivity contribution < 1.29 is 13.2 Å². The first-order valence-corrected chi connectivity index (χ1v) is 7.52. The maximum atomic E-state index is 12.3. The molecule has 19 heavy (non-hydrogen) atoms. The van der Waals surface area contributed by atoms with E-state index in [-0.39, 0.29) is 16.5 Å².